The van der Waals surface area contributed by atoms with Gasteiger partial charge in [-0.1, -0.05) is 36.4 Å². The number of nitrogens with zero attached hydrogens (tertiary/aromatic N) is 1. The number of carbonyl (C=O) groups is 1. The van der Waals surface area contributed by atoms with Gasteiger partial charge in [0.05, 0.1) is 11.4 Å². The molecule has 0 bridgehead atoms. The van der Waals surface area contributed by atoms with Crippen molar-refractivity contribution < 1.29 is 4.79 Å². The molecule has 0 saturated heterocycles. The maximum absolute atomic E-state index is 11.8. The van der Waals surface area contributed by atoms with E-state index in [1.165, 1.54) is 0 Å². The standard InChI is InChI=1S/C15H13N2O/c16-15(18)17-13-7-3-1-5-11(13)9-10-12-6-2-4-8-14(12)17/h1-9H,10H2,(H2,16,18). The Morgan fingerprint density at radius 1 is 1.00 bits per heavy atom. The average molecular weight is 237 g/mol. The Morgan fingerprint density at radius 2 is 1.67 bits per heavy atom. The third kappa shape index (κ3) is 1.64. The molecule has 2 aromatic rings. The second-order valence-corrected chi connectivity index (χ2v) is 4.27. The first-order chi connectivity index (χ1) is 8.77. The van der Waals surface area contributed by atoms with Gasteiger partial charge in [0.25, 0.3) is 0 Å². The molecule has 3 heteroatoms. The zero-order chi connectivity index (χ0) is 12.5. The largest absolute Gasteiger partial charge is 0.351 e. The molecule has 18 heavy (non-hydrogen) atoms. The van der Waals surface area contributed by atoms with Crippen LogP contribution >= 0.6 is 0 Å². The number of urea groups is 1. The lowest BCUT2D eigenvalue weighted by molar-refractivity contribution is 0.256. The predicted octanol–water partition coefficient (Wildman–Crippen LogP) is 3.01. The maximum atomic E-state index is 11.8. The van der Waals surface area contributed by atoms with Crippen LogP contribution in [-0.4, -0.2) is 6.03 Å². The molecule has 1 radical (unpaired) electrons. The van der Waals surface area contributed by atoms with Crippen molar-refractivity contribution >= 4 is 17.4 Å². The topological polar surface area (TPSA) is 46.3 Å². The van der Waals surface area contributed by atoms with Crippen LogP contribution in [0.15, 0.2) is 48.5 Å². The van der Waals surface area contributed by atoms with Crippen molar-refractivity contribution in [1.29, 1.82) is 0 Å². The molecule has 0 fully saturated rings. The smallest absolute Gasteiger partial charge is 0.323 e. The van der Waals surface area contributed by atoms with E-state index >= 15 is 0 Å². The maximum Gasteiger partial charge on any atom is 0.323 e. The van der Waals surface area contributed by atoms with Gasteiger partial charge in [0.1, 0.15) is 0 Å². The number of fused-ring (bicyclic) bond motifs is 2. The van der Waals surface area contributed by atoms with E-state index < -0.39 is 6.03 Å². The zero-order valence-corrected chi connectivity index (χ0v) is 9.84. The van der Waals surface area contributed by atoms with Gasteiger partial charge < -0.3 is 5.73 Å². The number of hydrogen-bond acceptors (Lipinski definition) is 1. The third-order valence-electron chi connectivity index (χ3n) is 3.17. The highest BCUT2D eigenvalue weighted by Crippen LogP contribution is 2.36. The van der Waals surface area contributed by atoms with E-state index in [0.717, 1.165) is 28.9 Å². The van der Waals surface area contributed by atoms with Crippen molar-refractivity contribution in [2.45, 2.75) is 6.42 Å². The molecule has 2 N–H and O–H groups in total. The molecule has 2 amide bonds. The minimum Gasteiger partial charge on any atom is -0.351 e. The van der Waals surface area contributed by atoms with Gasteiger partial charge in [-0.3, -0.25) is 4.90 Å². The minimum absolute atomic E-state index is 0.454. The summed E-state index contributed by atoms with van der Waals surface area (Å²) in [5.74, 6) is 0. The van der Waals surface area contributed by atoms with Crippen LogP contribution in [0.3, 0.4) is 0 Å². The Morgan fingerprint density at radius 3 is 2.44 bits per heavy atom. The number of para-hydroxylation sites is 2. The van der Waals surface area contributed by atoms with Crippen LogP contribution < -0.4 is 10.6 Å². The lowest BCUT2D eigenvalue weighted by Gasteiger charge is -2.22. The van der Waals surface area contributed by atoms with E-state index in [4.69, 9.17) is 5.73 Å². The summed E-state index contributed by atoms with van der Waals surface area (Å²) in [6.07, 6.45) is 2.92. The van der Waals surface area contributed by atoms with Crippen LogP contribution in [0, 0.1) is 6.42 Å². The number of anilines is 2. The van der Waals surface area contributed by atoms with Crippen molar-refractivity contribution in [2.24, 2.45) is 5.73 Å². The SMILES string of the molecule is NC(=O)N1c2ccccc2[CH]Cc2ccccc21. The number of rotatable bonds is 0. The van der Waals surface area contributed by atoms with Crippen molar-refractivity contribution in [3.8, 4) is 0 Å². The number of carbonyl (C=O) groups excluding carboxylic acids is 1. The van der Waals surface area contributed by atoms with E-state index in [1.54, 1.807) is 4.90 Å². The van der Waals surface area contributed by atoms with Crippen molar-refractivity contribution in [2.75, 3.05) is 4.90 Å². The minimum atomic E-state index is -0.454. The van der Waals surface area contributed by atoms with Gasteiger partial charge in [0.2, 0.25) is 0 Å². The molecule has 0 aliphatic carbocycles. The van der Waals surface area contributed by atoms with Gasteiger partial charge in [-0.15, -0.1) is 0 Å². The fourth-order valence-corrected chi connectivity index (χ4v) is 2.35. The van der Waals surface area contributed by atoms with Gasteiger partial charge in [0.15, 0.2) is 0 Å². The summed E-state index contributed by atoms with van der Waals surface area (Å²) in [5, 5.41) is 0. The Hall–Kier alpha value is -2.29. The molecule has 0 aromatic heterocycles. The molecule has 3 nitrogen and oxygen atoms in total. The van der Waals surface area contributed by atoms with E-state index in [0.29, 0.717) is 0 Å². The molecule has 1 aliphatic rings. The van der Waals surface area contributed by atoms with Gasteiger partial charge in [0, 0.05) is 0 Å². The number of benzene rings is 2. The van der Waals surface area contributed by atoms with Crippen LogP contribution in [0.25, 0.3) is 0 Å². The molecule has 0 spiro atoms. The molecule has 0 saturated carbocycles. The molecule has 2 aromatic carbocycles. The summed E-state index contributed by atoms with van der Waals surface area (Å²) in [4.78, 5) is 13.3. The fraction of sp³-hybridized carbons (Fsp3) is 0.0667. The van der Waals surface area contributed by atoms with Gasteiger partial charge >= 0.3 is 6.03 Å². The average Bonchev–Trinajstić information content (AvgIpc) is 2.55. The summed E-state index contributed by atoms with van der Waals surface area (Å²) in [6.45, 7) is 0. The molecule has 3 rings (SSSR count). The molecule has 0 unspecified atom stereocenters. The third-order valence-corrected chi connectivity index (χ3v) is 3.17. The van der Waals surface area contributed by atoms with Crippen LogP contribution in [0.2, 0.25) is 0 Å². The molecular weight excluding hydrogens is 224 g/mol. The van der Waals surface area contributed by atoms with Gasteiger partial charge in [-0.25, -0.2) is 4.79 Å². The number of amides is 2. The first-order valence-corrected chi connectivity index (χ1v) is 5.87. The molecule has 0 atom stereocenters. The first kappa shape index (κ1) is 10.8. The Bertz CT molecular complexity index is 559. The monoisotopic (exact) mass is 237 g/mol. The van der Waals surface area contributed by atoms with Crippen LogP contribution in [0.5, 0.6) is 0 Å². The highest BCUT2D eigenvalue weighted by Gasteiger charge is 2.23. The van der Waals surface area contributed by atoms with Gasteiger partial charge in [-0.05, 0) is 36.1 Å². The highest BCUT2D eigenvalue weighted by molar-refractivity contribution is 6.00. The lowest BCUT2D eigenvalue weighted by Crippen LogP contribution is -2.32. The normalized spacial score (nSPS) is 13.4. The second-order valence-electron chi connectivity index (χ2n) is 4.27. The molecule has 1 aliphatic heterocycles. The van der Waals surface area contributed by atoms with Crippen molar-refractivity contribution in [1.82, 2.24) is 0 Å². The summed E-state index contributed by atoms with van der Waals surface area (Å²) < 4.78 is 0. The predicted molar refractivity (Wildman–Crippen MR) is 71.7 cm³/mol. The van der Waals surface area contributed by atoms with E-state index in [1.807, 2.05) is 48.5 Å². The van der Waals surface area contributed by atoms with Crippen molar-refractivity contribution in [3.63, 3.8) is 0 Å². The second kappa shape index (κ2) is 4.18. The Balaban J connectivity index is 2.24. The lowest BCUT2D eigenvalue weighted by atomic mass is 10.0. The van der Waals surface area contributed by atoms with Crippen LogP contribution in [-0.2, 0) is 6.42 Å². The Kier molecular flexibility index (Phi) is 2.52. The van der Waals surface area contributed by atoms with E-state index in [-0.39, 0.29) is 0 Å². The van der Waals surface area contributed by atoms with E-state index in [9.17, 15) is 4.79 Å². The summed E-state index contributed by atoms with van der Waals surface area (Å²) in [7, 11) is 0. The summed E-state index contributed by atoms with van der Waals surface area (Å²) >= 11 is 0. The van der Waals surface area contributed by atoms with Crippen LogP contribution in [0.4, 0.5) is 16.2 Å². The number of primary amides is 1. The molecule has 89 valence electrons. The number of nitrogens with two attached hydrogens (primary N) is 1. The fourth-order valence-electron chi connectivity index (χ4n) is 2.35. The first-order valence-electron chi connectivity index (χ1n) is 5.87. The number of hydrogen-bond donors (Lipinski definition) is 1. The quantitative estimate of drug-likeness (QED) is 0.752. The Labute approximate surface area is 106 Å². The van der Waals surface area contributed by atoms with Gasteiger partial charge in [-0.2, -0.15) is 0 Å². The van der Waals surface area contributed by atoms with Crippen molar-refractivity contribution in [3.05, 3.63) is 66.1 Å². The molecule has 1 heterocycles. The zero-order valence-electron chi connectivity index (χ0n) is 9.84. The highest BCUT2D eigenvalue weighted by atomic mass is 16.2. The molecular formula is C15H13N2O. The van der Waals surface area contributed by atoms with Crippen LogP contribution in [0.1, 0.15) is 11.1 Å². The summed E-state index contributed by atoms with van der Waals surface area (Å²) in [5.41, 5.74) is 9.39. The van der Waals surface area contributed by atoms with E-state index in [2.05, 4.69) is 6.42 Å². The summed E-state index contributed by atoms with van der Waals surface area (Å²) in [6, 6.07) is 15.2.